The minimum atomic E-state index is -0.424. The van der Waals surface area contributed by atoms with Crippen LogP contribution in [-0.4, -0.2) is 21.9 Å². The van der Waals surface area contributed by atoms with Crippen molar-refractivity contribution in [3.8, 4) is 5.75 Å². The first-order valence-electron chi connectivity index (χ1n) is 9.52. The highest BCUT2D eigenvalue weighted by Crippen LogP contribution is 2.14. The topological polar surface area (TPSA) is 81.6 Å². The number of hydrazone groups is 1. The van der Waals surface area contributed by atoms with Crippen LogP contribution in [0.4, 0.5) is 0 Å². The Kier molecular flexibility index (Phi) is 6.59. The Morgan fingerprint density at radius 3 is 2.68 bits per heavy atom. The summed E-state index contributed by atoms with van der Waals surface area (Å²) in [6.07, 6.45) is 5.07. The number of nitrogens with one attached hydrogen (secondary N) is 1. The van der Waals surface area contributed by atoms with Crippen LogP contribution in [0.15, 0.2) is 93.1 Å². The maximum atomic E-state index is 12.2. The van der Waals surface area contributed by atoms with Gasteiger partial charge in [-0.05, 0) is 63.5 Å². The minimum Gasteiger partial charge on any atom is -0.489 e. The molecule has 7 nitrogen and oxygen atoms in total. The Labute approximate surface area is 187 Å². The second-order valence-electron chi connectivity index (χ2n) is 6.66. The van der Waals surface area contributed by atoms with Crippen molar-refractivity contribution in [3.63, 3.8) is 0 Å². The molecule has 2 heterocycles. The van der Waals surface area contributed by atoms with E-state index in [-0.39, 0.29) is 5.76 Å². The number of nitrogens with zero attached hydrogens (tertiary/aromatic N) is 3. The van der Waals surface area contributed by atoms with Crippen LogP contribution < -0.4 is 10.2 Å². The van der Waals surface area contributed by atoms with E-state index in [4.69, 9.17) is 9.15 Å². The van der Waals surface area contributed by atoms with Crippen LogP contribution in [0.3, 0.4) is 0 Å². The summed E-state index contributed by atoms with van der Waals surface area (Å²) >= 11 is 3.34. The van der Waals surface area contributed by atoms with E-state index < -0.39 is 5.91 Å². The number of hydrogen-bond donors (Lipinski definition) is 1. The average molecular weight is 479 g/mol. The lowest BCUT2D eigenvalue weighted by Crippen LogP contribution is -2.16. The number of benzene rings is 2. The zero-order valence-corrected chi connectivity index (χ0v) is 18.0. The predicted molar refractivity (Wildman–Crippen MR) is 120 cm³/mol. The van der Waals surface area contributed by atoms with E-state index in [1.165, 1.54) is 0 Å². The number of rotatable bonds is 8. The third-order valence-corrected chi connectivity index (χ3v) is 4.72. The first-order valence-corrected chi connectivity index (χ1v) is 10.3. The van der Waals surface area contributed by atoms with Crippen LogP contribution >= 0.6 is 15.9 Å². The average Bonchev–Trinajstić information content (AvgIpc) is 3.43. The molecule has 0 saturated heterocycles. The molecule has 1 N–H and O–H groups in total. The summed E-state index contributed by atoms with van der Waals surface area (Å²) in [6.45, 7) is 0.938. The van der Waals surface area contributed by atoms with Crippen LogP contribution in [0, 0.1) is 0 Å². The van der Waals surface area contributed by atoms with Crippen LogP contribution in [0.1, 0.15) is 27.4 Å². The van der Waals surface area contributed by atoms with E-state index >= 15 is 0 Å². The van der Waals surface area contributed by atoms with Gasteiger partial charge in [-0.2, -0.15) is 10.2 Å². The summed E-state index contributed by atoms with van der Waals surface area (Å²) in [4.78, 5) is 12.2. The lowest BCUT2D eigenvalue weighted by atomic mass is 10.2. The second kappa shape index (κ2) is 9.90. The largest absolute Gasteiger partial charge is 0.489 e. The van der Waals surface area contributed by atoms with Crippen LogP contribution in [0.2, 0.25) is 0 Å². The summed E-state index contributed by atoms with van der Waals surface area (Å²) in [7, 11) is 0. The number of carbonyl (C=O) groups excluding carboxylic acids is 1. The van der Waals surface area contributed by atoms with E-state index in [1.54, 1.807) is 29.2 Å². The first-order chi connectivity index (χ1) is 15.2. The molecular formula is C23H19BrN4O3. The van der Waals surface area contributed by atoms with Crippen LogP contribution in [0.5, 0.6) is 5.75 Å². The molecular weight excluding hydrogens is 460 g/mol. The molecule has 0 bridgehead atoms. The van der Waals surface area contributed by atoms with Gasteiger partial charge >= 0.3 is 5.91 Å². The molecule has 0 unspecified atom stereocenters. The van der Waals surface area contributed by atoms with Gasteiger partial charge in [0.15, 0.2) is 5.76 Å². The third kappa shape index (κ3) is 5.93. The minimum absolute atomic E-state index is 0.183. The lowest BCUT2D eigenvalue weighted by molar-refractivity contribution is 0.0925. The Morgan fingerprint density at radius 2 is 1.94 bits per heavy atom. The molecule has 0 radical (unpaired) electrons. The van der Waals surface area contributed by atoms with Gasteiger partial charge in [-0.3, -0.25) is 9.48 Å². The summed E-state index contributed by atoms with van der Waals surface area (Å²) in [5, 5.41) is 8.15. The summed E-state index contributed by atoms with van der Waals surface area (Å²) in [5.41, 5.74) is 4.40. The molecule has 0 spiro atoms. The van der Waals surface area contributed by atoms with E-state index in [0.717, 1.165) is 21.3 Å². The van der Waals surface area contributed by atoms with Gasteiger partial charge in [-0.15, -0.1) is 0 Å². The summed E-state index contributed by atoms with van der Waals surface area (Å²) in [6, 6.07) is 20.8. The molecule has 0 saturated carbocycles. The smallest absolute Gasteiger partial charge is 0.307 e. The van der Waals surface area contributed by atoms with Gasteiger partial charge in [0.2, 0.25) is 0 Å². The first kappa shape index (κ1) is 20.6. The summed E-state index contributed by atoms with van der Waals surface area (Å²) < 4.78 is 13.9. The highest BCUT2D eigenvalue weighted by Gasteiger charge is 2.11. The molecule has 31 heavy (non-hydrogen) atoms. The molecule has 0 aliphatic rings. The van der Waals surface area contributed by atoms with Crippen molar-refractivity contribution in [1.29, 1.82) is 0 Å². The fraction of sp³-hybridized carbons (Fsp3) is 0.0870. The molecule has 2 aromatic heterocycles. The number of hydrogen-bond acceptors (Lipinski definition) is 5. The van der Waals surface area contributed by atoms with Crippen LogP contribution in [-0.2, 0) is 13.2 Å². The molecule has 0 fully saturated rings. The number of carbonyl (C=O) groups is 1. The highest BCUT2D eigenvalue weighted by molar-refractivity contribution is 9.10. The number of furan rings is 1. The maximum absolute atomic E-state index is 12.2. The van der Waals surface area contributed by atoms with Crippen LogP contribution in [0.25, 0.3) is 0 Å². The number of halogens is 1. The third-order valence-electron chi connectivity index (χ3n) is 4.31. The molecule has 0 aliphatic heterocycles. The SMILES string of the molecule is O=C(N/N=C\c1ccc(OCc2ccccc2)cc1)c1ccc(Cn2cc(Br)cn2)o1. The maximum Gasteiger partial charge on any atom is 0.307 e. The van der Waals surface area contributed by atoms with Crippen molar-refractivity contribution < 1.29 is 13.9 Å². The van der Waals surface area contributed by atoms with Crippen molar-refractivity contribution in [2.45, 2.75) is 13.2 Å². The van der Waals surface area contributed by atoms with E-state index in [0.29, 0.717) is 18.9 Å². The van der Waals surface area contributed by atoms with Gasteiger partial charge in [0.05, 0.1) is 23.4 Å². The predicted octanol–water partition coefficient (Wildman–Crippen LogP) is 4.63. The van der Waals surface area contributed by atoms with Crippen molar-refractivity contribution in [3.05, 3.63) is 106 Å². The summed E-state index contributed by atoms with van der Waals surface area (Å²) in [5.74, 6) is 1.14. The molecule has 1 amide bonds. The fourth-order valence-corrected chi connectivity index (χ4v) is 3.11. The van der Waals surface area contributed by atoms with E-state index in [9.17, 15) is 4.79 Å². The van der Waals surface area contributed by atoms with Crippen molar-refractivity contribution in [2.24, 2.45) is 5.10 Å². The monoisotopic (exact) mass is 478 g/mol. The van der Waals surface area contributed by atoms with Gasteiger partial charge in [0, 0.05) is 6.20 Å². The number of amides is 1. The van der Waals surface area contributed by atoms with Gasteiger partial charge in [0.25, 0.3) is 0 Å². The Morgan fingerprint density at radius 1 is 1.13 bits per heavy atom. The van der Waals surface area contributed by atoms with Crippen molar-refractivity contribution >= 4 is 28.1 Å². The molecule has 0 aliphatic carbocycles. The lowest BCUT2D eigenvalue weighted by Gasteiger charge is -2.06. The van der Waals surface area contributed by atoms with Crippen molar-refractivity contribution in [1.82, 2.24) is 15.2 Å². The van der Waals surface area contributed by atoms with Gasteiger partial charge in [-0.25, -0.2) is 5.43 Å². The standard InChI is InChI=1S/C23H19BrN4O3/c24-19-13-26-28(14-19)15-21-10-11-22(31-21)23(29)27-25-12-17-6-8-20(9-7-17)30-16-18-4-2-1-3-5-18/h1-14H,15-16H2,(H,27,29)/b25-12-. The van der Waals surface area contributed by atoms with Gasteiger partial charge in [-0.1, -0.05) is 30.3 Å². The Bertz CT molecular complexity index is 1170. The van der Waals surface area contributed by atoms with Crippen molar-refractivity contribution in [2.75, 3.05) is 0 Å². The second-order valence-corrected chi connectivity index (χ2v) is 7.58. The van der Waals surface area contributed by atoms with E-state index in [2.05, 4.69) is 31.6 Å². The van der Waals surface area contributed by atoms with Gasteiger partial charge in [0.1, 0.15) is 18.1 Å². The molecule has 8 heteroatoms. The fourth-order valence-electron chi connectivity index (χ4n) is 2.78. The Balaban J connectivity index is 1.26. The zero-order chi connectivity index (χ0) is 21.5. The normalized spacial score (nSPS) is 11.0. The number of ether oxygens (including phenoxy) is 1. The molecule has 0 atom stereocenters. The quantitative estimate of drug-likeness (QED) is 0.295. The van der Waals surface area contributed by atoms with Gasteiger partial charge < -0.3 is 9.15 Å². The zero-order valence-electron chi connectivity index (χ0n) is 16.4. The number of aromatic nitrogens is 2. The molecule has 156 valence electrons. The Hall–Kier alpha value is -3.65. The molecule has 4 rings (SSSR count). The highest BCUT2D eigenvalue weighted by atomic mass is 79.9. The molecule has 4 aromatic rings. The molecule has 2 aromatic carbocycles. The van der Waals surface area contributed by atoms with E-state index in [1.807, 2.05) is 60.8 Å².